The van der Waals surface area contributed by atoms with Gasteiger partial charge in [-0.1, -0.05) is 17.7 Å². The minimum atomic E-state index is -3.85. The van der Waals surface area contributed by atoms with E-state index in [-0.39, 0.29) is 16.2 Å². The lowest BCUT2D eigenvalue weighted by molar-refractivity contribution is -0.113. The minimum Gasteiger partial charge on any atom is -0.310 e. The van der Waals surface area contributed by atoms with Crippen molar-refractivity contribution in [3.05, 3.63) is 41.6 Å². The molecule has 118 valence electrons. The number of amides is 1. The van der Waals surface area contributed by atoms with E-state index in [1.807, 2.05) is 0 Å². The monoisotopic (exact) mass is 368 g/mol. The van der Waals surface area contributed by atoms with Crippen LogP contribution in [0.15, 0.2) is 41.4 Å². The van der Waals surface area contributed by atoms with E-state index in [2.05, 4.69) is 19.0 Å². The van der Waals surface area contributed by atoms with Gasteiger partial charge in [0.05, 0.1) is 21.6 Å². The van der Waals surface area contributed by atoms with Crippen molar-refractivity contribution in [1.82, 2.24) is 13.7 Å². The quantitative estimate of drug-likeness (QED) is 0.757. The summed E-state index contributed by atoms with van der Waals surface area (Å²) in [6.07, 6.45) is 1.35. The molecule has 0 aliphatic rings. The maximum absolute atomic E-state index is 12.4. The third-order valence-electron chi connectivity index (χ3n) is 2.90. The Labute approximate surface area is 140 Å². The average Bonchev–Trinajstić information content (AvgIpc) is 2.97. The second-order valence-corrected chi connectivity index (χ2v) is 7.48. The van der Waals surface area contributed by atoms with Crippen molar-refractivity contribution in [3.8, 4) is 0 Å². The molecule has 3 aromatic rings. The number of nitrogens with one attached hydrogen (secondary N) is 1. The second kappa shape index (κ2) is 6.19. The molecule has 3 rings (SSSR count). The van der Waals surface area contributed by atoms with E-state index >= 15 is 0 Å². The summed E-state index contributed by atoms with van der Waals surface area (Å²) < 4.78 is 32.8. The topological polar surface area (TPSA) is 102 Å². The van der Waals surface area contributed by atoms with Crippen LogP contribution in [0, 0.1) is 0 Å². The van der Waals surface area contributed by atoms with Crippen LogP contribution in [0.2, 0.25) is 5.02 Å². The molecule has 0 atom stereocenters. The van der Waals surface area contributed by atoms with Gasteiger partial charge in [-0.15, -0.1) is 0 Å². The number of nitrogens with zero attached hydrogens (tertiary/aromatic N) is 3. The van der Waals surface area contributed by atoms with Crippen LogP contribution >= 0.6 is 23.3 Å². The maximum atomic E-state index is 12.4. The van der Waals surface area contributed by atoms with Crippen molar-refractivity contribution in [2.45, 2.75) is 4.90 Å². The number of fused-ring (bicyclic) bond motifs is 1. The first-order valence-corrected chi connectivity index (χ1v) is 9.07. The lowest BCUT2D eigenvalue weighted by Crippen LogP contribution is -2.23. The fourth-order valence-corrected chi connectivity index (χ4v) is 3.93. The van der Waals surface area contributed by atoms with Crippen molar-refractivity contribution in [2.24, 2.45) is 0 Å². The third kappa shape index (κ3) is 3.46. The van der Waals surface area contributed by atoms with Crippen LogP contribution < -0.4 is 5.32 Å². The molecule has 7 nitrogen and oxygen atoms in total. The Morgan fingerprint density at radius 1 is 1.22 bits per heavy atom. The molecule has 0 fully saturated rings. The van der Waals surface area contributed by atoms with Gasteiger partial charge in [-0.05, 0) is 24.3 Å². The van der Waals surface area contributed by atoms with Gasteiger partial charge < -0.3 is 5.32 Å². The Morgan fingerprint density at radius 2 is 2.04 bits per heavy atom. The van der Waals surface area contributed by atoms with Gasteiger partial charge in [0.2, 0.25) is 5.91 Å². The molecule has 0 radical (unpaired) electrons. The number of sulfone groups is 1. The van der Waals surface area contributed by atoms with Gasteiger partial charge in [0.1, 0.15) is 22.6 Å². The van der Waals surface area contributed by atoms with E-state index in [0.717, 1.165) is 11.7 Å². The molecule has 2 heterocycles. The van der Waals surface area contributed by atoms with Gasteiger partial charge in [-0.2, -0.15) is 8.75 Å². The van der Waals surface area contributed by atoms with Crippen LogP contribution in [0.4, 0.5) is 5.82 Å². The van der Waals surface area contributed by atoms with Gasteiger partial charge in [0.15, 0.2) is 9.84 Å². The molecule has 1 N–H and O–H groups in total. The molecule has 0 saturated heterocycles. The number of halogens is 1. The first kappa shape index (κ1) is 15.8. The molecule has 0 aliphatic carbocycles. The molecule has 23 heavy (non-hydrogen) atoms. The summed E-state index contributed by atoms with van der Waals surface area (Å²) in [6.45, 7) is 0. The van der Waals surface area contributed by atoms with Crippen LogP contribution in [0.25, 0.3) is 11.0 Å². The van der Waals surface area contributed by atoms with Gasteiger partial charge in [-0.25, -0.2) is 13.4 Å². The summed E-state index contributed by atoms with van der Waals surface area (Å²) in [7, 11) is -3.85. The van der Waals surface area contributed by atoms with Gasteiger partial charge >= 0.3 is 0 Å². The first-order chi connectivity index (χ1) is 11.0. The predicted molar refractivity (Wildman–Crippen MR) is 87.3 cm³/mol. The Bertz CT molecular complexity index is 970. The lowest BCUT2D eigenvalue weighted by atomic mass is 10.3. The van der Waals surface area contributed by atoms with E-state index in [0.29, 0.717) is 10.5 Å². The molecule has 1 amide bonds. The standard InChI is InChI=1S/C13H9ClN4O3S2/c14-8-4-5-11(15-6-8)16-12(19)7-23(20,21)10-3-1-2-9-13(10)18-22-17-9/h1-6H,7H2,(H,15,16,19). The number of carbonyl (C=O) groups excluding carboxylic acids is 1. The number of anilines is 1. The summed E-state index contributed by atoms with van der Waals surface area (Å²) >= 11 is 6.61. The van der Waals surface area contributed by atoms with Crippen LogP contribution in [0.5, 0.6) is 0 Å². The average molecular weight is 369 g/mol. The summed E-state index contributed by atoms with van der Waals surface area (Å²) in [4.78, 5) is 15.8. The van der Waals surface area contributed by atoms with E-state index in [9.17, 15) is 13.2 Å². The van der Waals surface area contributed by atoms with Gasteiger partial charge in [-0.3, -0.25) is 4.79 Å². The molecule has 1 aromatic carbocycles. The van der Waals surface area contributed by atoms with Crippen LogP contribution in [0.1, 0.15) is 0 Å². The van der Waals surface area contributed by atoms with Crippen molar-refractivity contribution >= 4 is 55.9 Å². The Kier molecular flexibility index (Phi) is 4.24. The van der Waals surface area contributed by atoms with Crippen LogP contribution in [-0.4, -0.2) is 33.8 Å². The van der Waals surface area contributed by atoms with E-state index in [1.165, 1.54) is 18.3 Å². The molecule has 0 unspecified atom stereocenters. The van der Waals surface area contributed by atoms with Gasteiger partial charge in [0, 0.05) is 6.20 Å². The number of aromatic nitrogens is 3. The molecule has 0 spiro atoms. The SMILES string of the molecule is O=C(CS(=O)(=O)c1cccc2nsnc12)Nc1ccc(Cl)cn1. The lowest BCUT2D eigenvalue weighted by Gasteiger charge is -2.06. The van der Waals surface area contributed by atoms with Crippen molar-refractivity contribution in [2.75, 3.05) is 11.1 Å². The first-order valence-electron chi connectivity index (χ1n) is 6.31. The van der Waals surface area contributed by atoms with Crippen LogP contribution in [0.3, 0.4) is 0 Å². The number of hydrogen-bond donors (Lipinski definition) is 1. The number of benzene rings is 1. The summed E-state index contributed by atoms with van der Waals surface area (Å²) in [5.74, 6) is -1.18. The van der Waals surface area contributed by atoms with Crippen molar-refractivity contribution in [3.63, 3.8) is 0 Å². The Balaban J connectivity index is 1.82. The van der Waals surface area contributed by atoms with Crippen molar-refractivity contribution in [1.29, 1.82) is 0 Å². The van der Waals surface area contributed by atoms with E-state index in [1.54, 1.807) is 18.2 Å². The molecule has 10 heteroatoms. The number of carbonyl (C=O) groups is 1. The smallest absolute Gasteiger partial charge is 0.241 e. The molecular formula is C13H9ClN4O3S2. The van der Waals surface area contributed by atoms with Crippen molar-refractivity contribution < 1.29 is 13.2 Å². The van der Waals surface area contributed by atoms with Crippen LogP contribution in [-0.2, 0) is 14.6 Å². The molecule has 0 aliphatic heterocycles. The number of rotatable bonds is 4. The predicted octanol–water partition coefficient (Wildman–Crippen LogP) is 2.15. The highest BCUT2D eigenvalue weighted by molar-refractivity contribution is 7.92. The number of hydrogen-bond acceptors (Lipinski definition) is 7. The number of pyridine rings is 1. The zero-order valence-electron chi connectivity index (χ0n) is 11.4. The van der Waals surface area contributed by atoms with E-state index < -0.39 is 21.5 Å². The maximum Gasteiger partial charge on any atom is 0.241 e. The zero-order chi connectivity index (χ0) is 16.4. The summed E-state index contributed by atoms with van der Waals surface area (Å²) in [5, 5.41) is 2.83. The largest absolute Gasteiger partial charge is 0.310 e. The highest BCUT2D eigenvalue weighted by atomic mass is 35.5. The fraction of sp³-hybridized carbons (Fsp3) is 0.0769. The third-order valence-corrected chi connectivity index (χ3v) is 5.31. The molecule has 0 bridgehead atoms. The Hall–Kier alpha value is -2.10. The summed E-state index contributed by atoms with van der Waals surface area (Å²) in [5.41, 5.74) is 0.755. The fourth-order valence-electron chi connectivity index (χ4n) is 1.91. The molecule has 0 saturated carbocycles. The normalized spacial score (nSPS) is 11.5. The molecule has 2 aromatic heterocycles. The molecular weight excluding hydrogens is 360 g/mol. The summed E-state index contributed by atoms with van der Waals surface area (Å²) in [6, 6.07) is 7.66. The minimum absolute atomic E-state index is 0.0111. The highest BCUT2D eigenvalue weighted by Gasteiger charge is 2.23. The second-order valence-electron chi connectivity index (χ2n) is 4.56. The Morgan fingerprint density at radius 3 is 2.78 bits per heavy atom. The highest BCUT2D eigenvalue weighted by Crippen LogP contribution is 2.22. The van der Waals surface area contributed by atoms with Gasteiger partial charge in [0.25, 0.3) is 0 Å². The van der Waals surface area contributed by atoms with E-state index in [4.69, 9.17) is 11.6 Å². The zero-order valence-corrected chi connectivity index (χ0v) is 13.8.